The van der Waals surface area contributed by atoms with E-state index in [0.29, 0.717) is 15.7 Å². The van der Waals surface area contributed by atoms with Crippen LogP contribution >= 0.6 is 15.9 Å². The number of hydrogen-bond donors (Lipinski definition) is 3. The molecule has 2 amide bonds. The molecule has 3 N–H and O–H groups in total. The molecule has 0 fully saturated rings. The lowest BCUT2D eigenvalue weighted by atomic mass is 10.1. The summed E-state index contributed by atoms with van der Waals surface area (Å²) in [6, 6.07) is 16.0. The number of benzene rings is 3. The summed E-state index contributed by atoms with van der Waals surface area (Å²) in [5.41, 5.74) is 4.05. The van der Waals surface area contributed by atoms with E-state index in [9.17, 15) is 24.8 Å². The lowest BCUT2D eigenvalue weighted by molar-refractivity contribution is -0.385. The van der Waals surface area contributed by atoms with Crippen LogP contribution in [0.4, 0.5) is 11.4 Å². The van der Waals surface area contributed by atoms with Gasteiger partial charge in [-0.05, 0) is 48.9 Å². The summed E-state index contributed by atoms with van der Waals surface area (Å²) in [6.07, 6.45) is 1.10. The minimum Gasteiger partial charge on any atom is -0.502 e. The van der Waals surface area contributed by atoms with Crippen LogP contribution in [0, 0.1) is 17.0 Å². The molecule has 3 aromatic rings. The fourth-order valence-electron chi connectivity index (χ4n) is 2.80. The van der Waals surface area contributed by atoms with Crippen LogP contribution in [0.3, 0.4) is 0 Å². The molecular weight excluding hydrogens is 480 g/mol. The Morgan fingerprint density at radius 1 is 1.09 bits per heavy atom. The molecule has 9 nitrogen and oxygen atoms in total. The van der Waals surface area contributed by atoms with Crippen LogP contribution in [0.5, 0.6) is 5.75 Å². The molecule has 0 saturated carbocycles. The van der Waals surface area contributed by atoms with Crippen molar-refractivity contribution in [2.75, 3.05) is 5.32 Å². The van der Waals surface area contributed by atoms with Crippen molar-refractivity contribution < 1.29 is 19.6 Å². The number of nitrogens with zero attached hydrogens (tertiary/aromatic N) is 2. The number of rotatable bonds is 6. The summed E-state index contributed by atoms with van der Waals surface area (Å²) >= 11 is 3.12. The predicted octanol–water partition coefficient (Wildman–Crippen LogP) is 4.39. The van der Waals surface area contributed by atoms with E-state index in [-0.39, 0.29) is 17.0 Å². The standard InChI is InChI=1S/C22H17BrN4O5/c1-13-4-2-3-5-18(13)22(30)25-17-8-6-14(7-9-17)21(29)26-24-12-15-10-16(23)11-19(20(15)28)27(31)32/h2-12,28H,1H3,(H,25,30)(H,26,29)/b24-12-. The second-order valence-electron chi connectivity index (χ2n) is 6.67. The van der Waals surface area contributed by atoms with Gasteiger partial charge >= 0.3 is 5.69 Å². The van der Waals surface area contributed by atoms with Gasteiger partial charge in [0.2, 0.25) is 5.75 Å². The Labute approximate surface area is 191 Å². The first-order valence-corrected chi connectivity index (χ1v) is 10.0. The van der Waals surface area contributed by atoms with Gasteiger partial charge in [-0.15, -0.1) is 0 Å². The van der Waals surface area contributed by atoms with Crippen LogP contribution in [0.2, 0.25) is 0 Å². The zero-order valence-corrected chi connectivity index (χ0v) is 18.3. The molecular formula is C22H17BrN4O5. The van der Waals surface area contributed by atoms with Crippen LogP contribution in [0.15, 0.2) is 70.2 Å². The van der Waals surface area contributed by atoms with Gasteiger partial charge in [-0.3, -0.25) is 19.7 Å². The summed E-state index contributed by atoms with van der Waals surface area (Å²) in [5.74, 6) is -1.36. The van der Waals surface area contributed by atoms with E-state index in [4.69, 9.17) is 0 Å². The fraction of sp³-hybridized carbons (Fsp3) is 0.0455. The van der Waals surface area contributed by atoms with Crippen LogP contribution in [0.25, 0.3) is 0 Å². The Balaban J connectivity index is 1.65. The Morgan fingerprint density at radius 3 is 2.44 bits per heavy atom. The number of nitro benzene ring substituents is 1. The Kier molecular flexibility index (Phi) is 6.96. The highest BCUT2D eigenvalue weighted by molar-refractivity contribution is 9.10. The lowest BCUT2D eigenvalue weighted by Crippen LogP contribution is -2.18. The average Bonchev–Trinajstić information content (AvgIpc) is 2.76. The summed E-state index contributed by atoms with van der Waals surface area (Å²) in [7, 11) is 0. The predicted molar refractivity (Wildman–Crippen MR) is 123 cm³/mol. The molecule has 3 rings (SSSR count). The van der Waals surface area contributed by atoms with Crippen molar-refractivity contribution in [3.05, 3.63) is 97.5 Å². The van der Waals surface area contributed by atoms with Gasteiger partial charge < -0.3 is 10.4 Å². The molecule has 3 aromatic carbocycles. The lowest BCUT2D eigenvalue weighted by Gasteiger charge is -2.08. The van der Waals surface area contributed by atoms with Crippen LogP contribution in [-0.4, -0.2) is 28.1 Å². The molecule has 162 valence electrons. The number of hydrogen-bond acceptors (Lipinski definition) is 6. The normalized spacial score (nSPS) is 10.7. The number of aryl methyl sites for hydroxylation is 1. The molecule has 0 aromatic heterocycles. The minimum atomic E-state index is -0.727. The number of anilines is 1. The number of phenols is 1. The number of halogens is 1. The first-order valence-electron chi connectivity index (χ1n) is 9.23. The molecule has 0 heterocycles. The molecule has 0 aliphatic heterocycles. The summed E-state index contributed by atoms with van der Waals surface area (Å²) in [6.45, 7) is 1.84. The van der Waals surface area contributed by atoms with Gasteiger partial charge in [0, 0.05) is 32.9 Å². The van der Waals surface area contributed by atoms with Gasteiger partial charge in [0.1, 0.15) is 0 Å². The maximum absolute atomic E-state index is 12.4. The van der Waals surface area contributed by atoms with Crippen LogP contribution < -0.4 is 10.7 Å². The highest BCUT2D eigenvalue weighted by Crippen LogP contribution is 2.32. The highest BCUT2D eigenvalue weighted by atomic mass is 79.9. The van der Waals surface area contributed by atoms with Gasteiger partial charge in [-0.2, -0.15) is 5.10 Å². The fourth-order valence-corrected chi connectivity index (χ4v) is 3.26. The quantitative estimate of drug-likeness (QED) is 0.264. The van der Waals surface area contributed by atoms with Crippen molar-refractivity contribution in [3.8, 4) is 5.75 Å². The maximum atomic E-state index is 12.4. The molecule has 10 heteroatoms. The van der Waals surface area contributed by atoms with E-state index >= 15 is 0 Å². The zero-order chi connectivity index (χ0) is 23.3. The monoisotopic (exact) mass is 496 g/mol. The van der Waals surface area contributed by atoms with E-state index < -0.39 is 22.3 Å². The molecule has 0 aliphatic carbocycles. The van der Waals surface area contributed by atoms with E-state index in [2.05, 4.69) is 31.8 Å². The number of carbonyl (C=O) groups is 2. The molecule has 0 atom stereocenters. The minimum absolute atomic E-state index is 0.0561. The molecule has 0 aliphatic rings. The molecule has 32 heavy (non-hydrogen) atoms. The first-order chi connectivity index (χ1) is 15.3. The number of nitrogens with one attached hydrogen (secondary N) is 2. The maximum Gasteiger partial charge on any atom is 0.312 e. The Morgan fingerprint density at radius 2 is 1.78 bits per heavy atom. The van der Waals surface area contributed by atoms with Gasteiger partial charge in [0.05, 0.1) is 11.1 Å². The van der Waals surface area contributed by atoms with E-state index in [1.54, 1.807) is 24.3 Å². The molecule has 0 bridgehead atoms. The number of phenolic OH excluding ortho intramolecular Hbond substituents is 1. The summed E-state index contributed by atoms with van der Waals surface area (Å²) < 4.78 is 0.373. The number of hydrazone groups is 1. The van der Waals surface area contributed by atoms with Gasteiger partial charge in [0.15, 0.2) is 0 Å². The number of carbonyl (C=O) groups excluding carboxylic acids is 2. The summed E-state index contributed by atoms with van der Waals surface area (Å²) in [4.78, 5) is 34.9. The molecule has 0 saturated heterocycles. The third-order valence-electron chi connectivity index (χ3n) is 4.45. The average molecular weight is 497 g/mol. The van der Waals surface area contributed by atoms with Crippen molar-refractivity contribution in [1.29, 1.82) is 0 Å². The molecule has 0 spiro atoms. The largest absolute Gasteiger partial charge is 0.502 e. The van der Waals surface area contributed by atoms with Gasteiger partial charge in [-0.25, -0.2) is 5.43 Å². The number of amides is 2. The molecule has 0 unspecified atom stereocenters. The third kappa shape index (κ3) is 5.35. The van der Waals surface area contributed by atoms with Crippen molar-refractivity contribution in [3.63, 3.8) is 0 Å². The topological polar surface area (TPSA) is 134 Å². The van der Waals surface area contributed by atoms with Crippen molar-refractivity contribution >= 4 is 45.3 Å². The smallest absolute Gasteiger partial charge is 0.312 e. The Hall–Kier alpha value is -4.05. The Bertz CT molecular complexity index is 1230. The SMILES string of the molecule is Cc1ccccc1C(=O)Nc1ccc(C(=O)N/N=C\c2cc(Br)cc([N+](=O)[O-])c2O)cc1. The van der Waals surface area contributed by atoms with E-state index in [1.807, 2.05) is 19.1 Å². The van der Waals surface area contributed by atoms with E-state index in [0.717, 1.165) is 17.8 Å². The number of aromatic hydroxyl groups is 1. The highest BCUT2D eigenvalue weighted by Gasteiger charge is 2.17. The van der Waals surface area contributed by atoms with E-state index in [1.165, 1.54) is 18.2 Å². The van der Waals surface area contributed by atoms with Gasteiger partial charge in [0.25, 0.3) is 11.8 Å². The zero-order valence-electron chi connectivity index (χ0n) is 16.7. The second-order valence-corrected chi connectivity index (χ2v) is 7.58. The summed E-state index contributed by atoms with van der Waals surface area (Å²) in [5, 5.41) is 27.4. The van der Waals surface area contributed by atoms with Gasteiger partial charge in [-0.1, -0.05) is 34.1 Å². The number of nitro groups is 1. The molecule has 0 radical (unpaired) electrons. The van der Waals surface area contributed by atoms with Crippen molar-refractivity contribution in [2.45, 2.75) is 6.92 Å². The third-order valence-corrected chi connectivity index (χ3v) is 4.90. The van der Waals surface area contributed by atoms with Crippen molar-refractivity contribution in [1.82, 2.24) is 5.43 Å². The van der Waals surface area contributed by atoms with Crippen LogP contribution in [0.1, 0.15) is 31.8 Å². The van der Waals surface area contributed by atoms with Crippen LogP contribution in [-0.2, 0) is 0 Å². The first kappa shape index (κ1) is 22.6. The van der Waals surface area contributed by atoms with Crippen molar-refractivity contribution in [2.24, 2.45) is 5.10 Å². The second kappa shape index (κ2) is 9.84.